The van der Waals surface area contributed by atoms with Gasteiger partial charge in [-0.15, -0.1) is 0 Å². The number of β-amino-alcohol motifs (C(OH)–C–C–N with tert-alkyl or cyclic N) is 1. The van der Waals surface area contributed by atoms with E-state index in [-0.39, 0.29) is 36.2 Å². The molecule has 140 valence electrons. The molecule has 0 saturated carbocycles. The fourth-order valence-corrected chi connectivity index (χ4v) is 4.02. The minimum absolute atomic E-state index is 0.0675. The fraction of sp³-hybridized carbons (Fsp3) is 0.944. The lowest BCUT2D eigenvalue weighted by Gasteiger charge is -2.44. The lowest BCUT2D eigenvalue weighted by atomic mass is 9.98. The summed E-state index contributed by atoms with van der Waals surface area (Å²) in [7, 11) is 0. The molecule has 2 heterocycles. The van der Waals surface area contributed by atoms with E-state index in [2.05, 4.69) is 37.5 Å². The summed E-state index contributed by atoms with van der Waals surface area (Å²) in [6.45, 7) is 15.8. The highest BCUT2D eigenvalue weighted by Crippen LogP contribution is 2.21. The van der Waals surface area contributed by atoms with Crippen LogP contribution in [0.4, 0.5) is 0 Å². The Kier molecular flexibility index (Phi) is 7.04. The standard InChI is InChI=1S/C18H35N3O3/c1-13(2)17(21-11-15(4)24-16(5)12-21)18(23)20-8-6-19(7-9-20)10-14(3)22/h13-17,22H,6-12H2,1-5H3/t14-,15-,16+,17+/m0/s1. The molecule has 0 radical (unpaired) electrons. The van der Waals surface area contributed by atoms with Gasteiger partial charge in [0.05, 0.1) is 24.4 Å². The Bertz CT molecular complexity index is 398. The number of morpholine rings is 1. The van der Waals surface area contributed by atoms with Crippen LogP contribution in [0.5, 0.6) is 0 Å². The Hall–Kier alpha value is -0.690. The quantitative estimate of drug-likeness (QED) is 0.796. The number of piperazine rings is 1. The van der Waals surface area contributed by atoms with E-state index in [0.29, 0.717) is 6.54 Å². The Morgan fingerprint density at radius 3 is 2.08 bits per heavy atom. The van der Waals surface area contributed by atoms with E-state index in [9.17, 15) is 9.90 Å². The van der Waals surface area contributed by atoms with Crippen molar-refractivity contribution in [3.63, 3.8) is 0 Å². The van der Waals surface area contributed by atoms with Gasteiger partial charge in [-0.05, 0) is 26.7 Å². The predicted molar refractivity (Wildman–Crippen MR) is 94.9 cm³/mol. The smallest absolute Gasteiger partial charge is 0.240 e. The molecule has 0 unspecified atom stereocenters. The molecule has 2 aliphatic heterocycles. The molecule has 2 saturated heterocycles. The van der Waals surface area contributed by atoms with Crippen LogP contribution < -0.4 is 0 Å². The molecular formula is C18H35N3O3. The number of nitrogens with zero attached hydrogens (tertiary/aromatic N) is 3. The first-order valence-corrected chi connectivity index (χ1v) is 9.36. The van der Waals surface area contributed by atoms with E-state index in [1.165, 1.54) is 0 Å². The van der Waals surface area contributed by atoms with Crippen molar-refractivity contribution in [3.8, 4) is 0 Å². The topological polar surface area (TPSA) is 56.2 Å². The van der Waals surface area contributed by atoms with Gasteiger partial charge in [-0.1, -0.05) is 13.8 Å². The molecule has 1 amide bonds. The summed E-state index contributed by atoms with van der Waals surface area (Å²) in [6.07, 6.45) is 0.0309. The van der Waals surface area contributed by atoms with Crippen molar-refractivity contribution in [2.75, 3.05) is 45.8 Å². The first kappa shape index (κ1) is 19.6. The number of hydrogen-bond donors (Lipinski definition) is 1. The van der Waals surface area contributed by atoms with Crippen molar-refractivity contribution in [2.24, 2.45) is 5.92 Å². The van der Waals surface area contributed by atoms with Crippen LogP contribution in [-0.4, -0.2) is 95.9 Å². The van der Waals surface area contributed by atoms with E-state index in [1.807, 2.05) is 11.8 Å². The second kappa shape index (κ2) is 8.61. The maximum atomic E-state index is 13.2. The van der Waals surface area contributed by atoms with Crippen LogP contribution in [0, 0.1) is 5.92 Å². The Morgan fingerprint density at radius 2 is 1.62 bits per heavy atom. The van der Waals surface area contributed by atoms with E-state index in [1.54, 1.807) is 0 Å². The highest BCUT2D eigenvalue weighted by atomic mass is 16.5. The van der Waals surface area contributed by atoms with E-state index < -0.39 is 0 Å². The van der Waals surface area contributed by atoms with Gasteiger partial charge in [-0.2, -0.15) is 0 Å². The van der Waals surface area contributed by atoms with Crippen molar-refractivity contribution in [1.29, 1.82) is 0 Å². The molecule has 0 aliphatic carbocycles. The predicted octanol–water partition coefficient (Wildman–Crippen LogP) is 0.645. The third kappa shape index (κ3) is 5.15. The second-order valence-electron chi connectivity index (χ2n) is 7.87. The van der Waals surface area contributed by atoms with Crippen molar-refractivity contribution < 1.29 is 14.6 Å². The molecule has 6 nitrogen and oxygen atoms in total. The van der Waals surface area contributed by atoms with Crippen molar-refractivity contribution >= 4 is 5.91 Å². The number of amides is 1. The Morgan fingerprint density at radius 1 is 1.08 bits per heavy atom. The summed E-state index contributed by atoms with van der Waals surface area (Å²) in [4.78, 5) is 19.7. The first-order chi connectivity index (χ1) is 11.3. The van der Waals surface area contributed by atoms with Crippen molar-refractivity contribution in [3.05, 3.63) is 0 Å². The highest BCUT2D eigenvalue weighted by Gasteiger charge is 2.37. The number of ether oxygens (including phenoxy) is 1. The van der Waals surface area contributed by atoms with E-state index in [4.69, 9.17) is 4.74 Å². The molecule has 0 aromatic carbocycles. The van der Waals surface area contributed by atoms with Crippen LogP contribution in [0.25, 0.3) is 0 Å². The minimum Gasteiger partial charge on any atom is -0.392 e. The largest absolute Gasteiger partial charge is 0.392 e. The van der Waals surface area contributed by atoms with Gasteiger partial charge in [-0.3, -0.25) is 14.6 Å². The molecular weight excluding hydrogens is 306 g/mol. The van der Waals surface area contributed by atoms with Gasteiger partial charge < -0.3 is 14.7 Å². The van der Waals surface area contributed by atoms with Crippen LogP contribution >= 0.6 is 0 Å². The van der Waals surface area contributed by atoms with Crippen LogP contribution in [-0.2, 0) is 9.53 Å². The molecule has 1 N–H and O–H groups in total. The normalized spacial score (nSPS) is 29.7. The van der Waals surface area contributed by atoms with Crippen LogP contribution in [0.3, 0.4) is 0 Å². The van der Waals surface area contributed by atoms with Gasteiger partial charge >= 0.3 is 0 Å². The first-order valence-electron chi connectivity index (χ1n) is 9.36. The van der Waals surface area contributed by atoms with Gasteiger partial charge in [0.2, 0.25) is 5.91 Å². The molecule has 6 heteroatoms. The van der Waals surface area contributed by atoms with Gasteiger partial charge in [-0.25, -0.2) is 0 Å². The maximum Gasteiger partial charge on any atom is 0.240 e. The molecule has 2 rings (SSSR count). The number of carbonyl (C=O) groups is 1. The summed E-state index contributed by atoms with van der Waals surface area (Å²) in [6, 6.07) is -0.0675. The van der Waals surface area contributed by atoms with Gasteiger partial charge in [0.15, 0.2) is 0 Å². The average Bonchev–Trinajstić information content (AvgIpc) is 2.46. The van der Waals surface area contributed by atoms with Crippen LogP contribution in [0.15, 0.2) is 0 Å². The van der Waals surface area contributed by atoms with Crippen LogP contribution in [0.2, 0.25) is 0 Å². The maximum absolute atomic E-state index is 13.2. The molecule has 0 spiro atoms. The van der Waals surface area contributed by atoms with Gasteiger partial charge in [0.1, 0.15) is 0 Å². The highest BCUT2D eigenvalue weighted by molar-refractivity contribution is 5.82. The Balaban J connectivity index is 1.97. The third-order valence-corrected chi connectivity index (χ3v) is 4.93. The minimum atomic E-state index is -0.313. The number of carbonyl (C=O) groups excluding carboxylic acids is 1. The Labute approximate surface area is 146 Å². The summed E-state index contributed by atoms with van der Waals surface area (Å²) in [5, 5.41) is 9.52. The SMILES string of the molecule is CC(C)[C@H](C(=O)N1CCN(C[C@H](C)O)CC1)N1C[C@@H](C)O[C@@H](C)C1. The fourth-order valence-electron chi connectivity index (χ4n) is 4.02. The van der Waals surface area contributed by atoms with Gasteiger partial charge in [0.25, 0.3) is 0 Å². The summed E-state index contributed by atoms with van der Waals surface area (Å²) >= 11 is 0. The lowest BCUT2D eigenvalue weighted by Crippen LogP contribution is -2.60. The zero-order valence-corrected chi connectivity index (χ0v) is 15.9. The molecule has 4 atom stereocenters. The molecule has 0 aromatic rings. The second-order valence-corrected chi connectivity index (χ2v) is 7.87. The number of rotatable bonds is 5. The van der Waals surface area contributed by atoms with Gasteiger partial charge in [0, 0.05) is 45.8 Å². The summed E-state index contributed by atoms with van der Waals surface area (Å²) in [5.74, 6) is 0.536. The monoisotopic (exact) mass is 341 g/mol. The number of hydrogen-bond acceptors (Lipinski definition) is 5. The van der Waals surface area contributed by atoms with Crippen molar-refractivity contribution in [2.45, 2.75) is 59.0 Å². The molecule has 2 aliphatic rings. The number of aliphatic hydroxyl groups is 1. The zero-order valence-electron chi connectivity index (χ0n) is 15.9. The molecule has 24 heavy (non-hydrogen) atoms. The van der Waals surface area contributed by atoms with Crippen molar-refractivity contribution in [1.82, 2.24) is 14.7 Å². The van der Waals surface area contributed by atoms with E-state index >= 15 is 0 Å². The summed E-state index contributed by atoms with van der Waals surface area (Å²) < 4.78 is 5.83. The summed E-state index contributed by atoms with van der Waals surface area (Å²) in [5.41, 5.74) is 0. The molecule has 2 fully saturated rings. The average molecular weight is 341 g/mol. The molecule has 0 bridgehead atoms. The van der Waals surface area contributed by atoms with Crippen LogP contribution in [0.1, 0.15) is 34.6 Å². The zero-order chi connectivity index (χ0) is 17.9. The lowest BCUT2D eigenvalue weighted by molar-refractivity contribution is -0.147. The molecule has 0 aromatic heterocycles. The van der Waals surface area contributed by atoms with E-state index in [0.717, 1.165) is 39.3 Å². The number of aliphatic hydroxyl groups excluding tert-OH is 1. The third-order valence-electron chi connectivity index (χ3n) is 4.93.